The number of hydrogen-bond donors (Lipinski definition) is 1. The predicted molar refractivity (Wildman–Crippen MR) is 64.8 cm³/mol. The van der Waals surface area contributed by atoms with Gasteiger partial charge in [0, 0.05) is 16.2 Å². The molecule has 4 nitrogen and oxygen atoms in total. The van der Waals surface area contributed by atoms with E-state index in [1.54, 1.807) is 18.2 Å². The third-order valence-electron chi connectivity index (χ3n) is 2.27. The number of halogens is 2. The van der Waals surface area contributed by atoms with Crippen LogP contribution in [-0.2, 0) is 6.54 Å². The molecule has 2 rings (SSSR count). The molecule has 0 unspecified atom stereocenters. The highest BCUT2D eigenvalue weighted by molar-refractivity contribution is 6.35. The Labute approximate surface area is 107 Å². The molecule has 0 spiro atoms. The Hall–Kier alpha value is -1.52. The SMILES string of the molecule is O=C(O)c1ccnn1Cc1ccc(Cl)cc1Cl. The Morgan fingerprint density at radius 2 is 2.12 bits per heavy atom. The molecule has 0 bridgehead atoms. The highest BCUT2D eigenvalue weighted by Crippen LogP contribution is 2.21. The molecule has 1 aromatic heterocycles. The summed E-state index contributed by atoms with van der Waals surface area (Å²) in [7, 11) is 0. The summed E-state index contributed by atoms with van der Waals surface area (Å²) in [6.45, 7) is 0.296. The zero-order valence-electron chi connectivity index (χ0n) is 8.60. The quantitative estimate of drug-likeness (QED) is 0.933. The Bertz CT molecular complexity index is 566. The minimum absolute atomic E-state index is 0.121. The summed E-state index contributed by atoms with van der Waals surface area (Å²) in [6.07, 6.45) is 1.44. The van der Waals surface area contributed by atoms with Crippen LogP contribution in [0, 0.1) is 0 Å². The molecule has 2 aromatic rings. The normalized spacial score (nSPS) is 10.5. The number of aromatic carboxylic acids is 1. The van der Waals surface area contributed by atoms with E-state index in [0.717, 1.165) is 5.56 Å². The van der Waals surface area contributed by atoms with Crippen LogP contribution in [0.1, 0.15) is 16.1 Å². The highest BCUT2D eigenvalue weighted by Gasteiger charge is 2.11. The lowest BCUT2D eigenvalue weighted by Crippen LogP contribution is -2.11. The first kappa shape index (κ1) is 12.0. The molecule has 0 amide bonds. The number of hydrogen-bond acceptors (Lipinski definition) is 2. The maximum absolute atomic E-state index is 10.9. The van der Waals surface area contributed by atoms with Crippen molar-refractivity contribution >= 4 is 29.2 Å². The fourth-order valence-electron chi connectivity index (χ4n) is 1.45. The van der Waals surface area contributed by atoms with E-state index in [9.17, 15) is 4.79 Å². The van der Waals surface area contributed by atoms with Gasteiger partial charge in [-0.1, -0.05) is 29.3 Å². The maximum atomic E-state index is 10.9. The summed E-state index contributed by atoms with van der Waals surface area (Å²) in [6, 6.07) is 6.50. The van der Waals surface area contributed by atoms with Gasteiger partial charge >= 0.3 is 5.97 Å². The maximum Gasteiger partial charge on any atom is 0.354 e. The average molecular weight is 271 g/mol. The van der Waals surface area contributed by atoms with Gasteiger partial charge in [-0.25, -0.2) is 4.79 Å². The van der Waals surface area contributed by atoms with Gasteiger partial charge in [0.2, 0.25) is 0 Å². The van der Waals surface area contributed by atoms with Crippen molar-refractivity contribution in [2.24, 2.45) is 0 Å². The summed E-state index contributed by atoms with van der Waals surface area (Å²) >= 11 is 11.8. The Kier molecular flexibility index (Phi) is 3.36. The number of rotatable bonds is 3. The molecule has 0 aliphatic rings. The van der Waals surface area contributed by atoms with Crippen LogP contribution in [0.4, 0.5) is 0 Å². The zero-order valence-corrected chi connectivity index (χ0v) is 10.1. The Balaban J connectivity index is 2.31. The molecule has 1 heterocycles. The second-order valence-electron chi connectivity index (χ2n) is 3.41. The van der Waals surface area contributed by atoms with E-state index in [4.69, 9.17) is 28.3 Å². The van der Waals surface area contributed by atoms with E-state index in [1.165, 1.54) is 16.9 Å². The van der Waals surface area contributed by atoms with E-state index in [1.807, 2.05) is 0 Å². The second-order valence-corrected chi connectivity index (χ2v) is 4.26. The van der Waals surface area contributed by atoms with Gasteiger partial charge < -0.3 is 5.11 Å². The lowest BCUT2D eigenvalue weighted by atomic mass is 10.2. The zero-order chi connectivity index (χ0) is 12.4. The minimum Gasteiger partial charge on any atom is -0.477 e. The van der Waals surface area contributed by atoms with Gasteiger partial charge in [0.25, 0.3) is 0 Å². The van der Waals surface area contributed by atoms with Gasteiger partial charge in [-0.15, -0.1) is 0 Å². The summed E-state index contributed by atoms with van der Waals surface area (Å²) in [5.41, 5.74) is 0.887. The molecule has 88 valence electrons. The van der Waals surface area contributed by atoms with Crippen molar-refractivity contribution in [3.8, 4) is 0 Å². The van der Waals surface area contributed by atoms with E-state index < -0.39 is 5.97 Å². The van der Waals surface area contributed by atoms with Crippen molar-refractivity contribution in [1.82, 2.24) is 9.78 Å². The first-order valence-electron chi connectivity index (χ1n) is 4.77. The molecule has 0 saturated heterocycles. The van der Waals surface area contributed by atoms with Crippen molar-refractivity contribution in [2.75, 3.05) is 0 Å². The van der Waals surface area contributed by atoms with E-state index >= 15 is 0 Å². The standard InChI is InChI=1S/C11H8Cl2N2O2/c12-8-2-1-7(9(13)5-8)6-15-10(11(16)17)3-4-14-15/h1-5H,6H2,(H,16,17). The molecule has 0 aliphatic heterocycles. The number of benzene rings is 1. The van der Waals surface area contributed by atoms with Crippen LogP contribution in [0.5, 0.6) is 0 Å². The van der Waals surface area contributed by atoms with Crippen LogP contribution in [0.3, 0.4) is 0 Å². The highest BCUT2D eigenvalue weighted by atomic mass is 35.5. The van der Waals surface area contributed by atoms with Gasteiger partial charge in [-0.05, 0) is 23.8 Å². The van der Waals surface area contributed by atoms with Crippen molar-refractivity contribution in [2.45, 2.75) is 6.54 Å². The minimum atomic E-state index is -1.02. The molecule has 6 heteroatoms. The number of carboxylic acids is 1. The van der Waals surface area contributed by atoms with E-state index in [2.05, 4.69) is 5.10 Å². The smallest absolute Gasteiger partial charge is 0.354 e. The molecular formula is C11H8Cl2N2O2. The van der Waals surface area contributed by atoms with Crippen LogP contribution >= 0.6 is 23.2 Å². The van der Waals surface area contributed by atoms with Crippen LogP contribution < -0.4 is 0 Å². The van der Waals surface area contributed by atoms with Gasteiger partial charge in [0.05, 0.1) is 6.54 Å². The van der Waals surface area contributed by atoms with Gasteiger partial charge in [0.1, 0.15) is 5.69 Å². The Morgan fingerprint density at radius 1 is 1.35 bits per heavy atom. The number of carbonyl (C=O) groups is 1. The largest absolute Gasteiger partial charge is 0.477 e. The molecule has 0 atom stereocenters. The van der Waals surface area contributed by atoms with Gasteiger partial charge in [-0.2, -0.15) is 5.10 Å². The van der Waals surface area contributed by atoms with Crippen LogP contribution in [0.15, 0.2) is 30.5 Å². The number of carboxylic acid groups (broad SMARTS) is 1. The fourth-order valence-corrected chi connectivity index (χ4v) is 1.92. The van der Waals surface area contributed by atoms with Crippen LogP contribution in [0.2, 0.25) is 10.0 Å². The summed E-state index contributed by atoms with van der Waals surface area (Å²) in [5.74, 6) is -1.02. The molecular weight excluding hydrogens is 263 g/mol. The number of aromatic nitrogens is 2. The van der Waals surface area contributed by atoms with Crippen molar-refractivity contribution < 1.29 is 9.90 Å². The monoisotopic (exact) mass is 270 g/mol. The fraction of sp³-hybridized carbons (Fsp3) is 0.0909. The lowest BCUT2D eigenvalue weighted by Gasteiger charge is -2.07. The van der Waals surface area contributed by atoms with Crippen LogP contribution in [-0.4, -0.2) is 20.9 Å². The molecule has 0 aliphatic carbocycles. The molecule has 0 saturated carbocycles. The first-order valence-corrected chi connectivity index (χ1v) is 5.52. The summed E-state index contributed by atoms with van der Waals surface area (Å²) in [5, 5.41) is 13.9. The van der Waals surface area contributed by atoms with E-state index in [0.29, 0.717) is 16.6 Å². The van der Waals surface area contributed by atoms with E-state index in [-0.39, 0.29) is 5.69 Å². The average Bonchev–Trinajstić information content (AvgIpc) is 2.70. The van der Waals surface area contributed by atoms with Crippen molar-refractivity contribution in [3.63, 3.8) is 0 Å². The van der Waals surface area contributed by atoms with Crippen LogP contribution in [0.25, 0.3) is 0 Å². The summed E-state index contributed by atoms with van der Waals surface area (Å²) in [4.78, 5) is 10.9. The lowest BCUT2D eigenvalue weighted by molar-refractivity contribution is 0.0684. The molecule has 0 radical (unpaired) electrons. The predicted octanol–water partition coefficient (Wildman–Crippen LogP) is 2.94. The van der Waals surface area contributed by atoms with Gasteiger partial charge in [0.15, 0.2) is 0 Å². The molecule has 1 N–H and O–H groups in total. The third-order valence-corrected chi connectivity index (χ3v) is 2.86. The number of nitrogens with zero attached hydrogens (tertiary/aromatic N) is 2. The molecule has 0 fully saturated rings. The summed E-state index contributed by atoms with van der Waals surface area (Å²) < 4.78 is 1.37. The topological polar surface area (TPSA) is 55.1 Å². The first-order chi connectivity index (χ1) is 8.08. The third kappa shape index (κ3) is 2.60. The Morgan fingerprint density at radius 3 is 2.76 bits per heavy atom. The molecule has 1 aromatic carbocycles. The van der Waals surface area contributed by atoms with Crippen molar-refractivity contribution in [1.29, 1.82) is 0 Å². The second kappa shape index (κ2) is 4.77. The van der Waals surface area contributed by atoms with Gasteiger partial charge in [-0.3, -0.25) is 4.68 Å². The molecule has 17 heavy (non-hydrogen) atoms. The van der Waals surface area contributed by atoms with Crippen molar-refractivity contribution in [3.05, 3.63) is 51.8 Å².